The molecule has 1 N–H and O–H groups in total. The molecule has 0 heterocycles. The van der Waals surface area contributed by atoms with Gasteiger partial charge < -0.3 is 9.84 Å². The van der Waals surface area contributed by atoms with Gasteiger partial charge in [-0.25, -0.2) is 0 Å². The quantitative estimate of drug-likeness (QED) is 0.751. The molecule has 0 amide bonds. The molecule has 0 saturated heterocycles. The molecule has 0 bridgehead atoms. The van der Waals surface area contributed by atoms with Crippen molar-refractivity contribution in [3.05, 3.63) is 24.3 Å². The molecule has 2 nitrogen and oxygen atoms in total. The van der Waals surface area contributed by atoms with Crippen molar-refractivity contribution in [3.63, 3.8) is 0 Å². The molecule has 0 spiro atoms. The predicted octanol–water partition coefficient (Wildman–Crippen LogP) is 1.58. The van der Waals surface area contributed by atoms with E-state index in [-0.39, 0.29) is 12.5 Å². The summed E-state index contributed by atoms with van der Waals surface area (Å²) in [4.78, 5) is 0. The lowest BCUT2D eigenvalue weighted by atomic mass is 10.1. The van der Waals surface area contributed by atoms with Gasteiger partial charge in [-0.1, -0.05) is 19.1 Å². The van der Waals surface area contributed by atoms with E-state index in [0.717, 1.165) is 17.5 Å². The van der Waals surface area contributed by atoms with Gasteiger partial charge in [-0.15, -0.1) is 9.24 Å². The summed E-state index contributed by atoms with van der Waals surface area (Å²) in [7, 11) is 2.63. The topological polar surface area (TPSA) is 29.5 Å². The van der Waals surface area contributed by atoms with Gasteiger partial charge in [0.15, 0.2) is 0 Å². The molecular weight excluding hydrogens is 195 g/mol. The van der Waals surface area contributed by atoms with Crippen LogP contribution in [0.3, 0.4) is 0 Å². The van der Waals surface area contributed by atoms with Gasteiger partial charge in [0, 0.05) is 12.5 Å². The van der Waals surface area contributed by atoms with Gasteiger partial charge >= 0.3 is 0 Å². The standard InChI is InChI=1S/C11H17O2P/c1-2-9(7-12)8-13-10-3-5-11(14)6-4-10/h3-6,9,12H,2,7-8,14H2,1H3/t9-/m0/s1. The number of hydrogen-bond acceptors (Lipinski definition) is 2. The minimum Gasteiger partial charge on any atom is -0.493 e. The zero-order valence-corrected chi connectivity index (χ0v) is 9.60. The van der Waals surface area contributed by atoms with E-state index < -0.39 is 0 Å². The van der Waals surface area contributed by atoms with E-state index in [0.29, 0.717) is 6.61 Å². The van der Waals surface area contributed by atoms with Gasteiger partial charge in [0.25, 0.3) is 0 Å². The van der Waals surface area contributed by atoms with Gasteiger partial charge in [0.1, 0.15) is 5.75 Å². The summed E-state index contributed by atoms with van der Waals surface area (Å²) in [5.41, 5.74) is 0. The molecule has 0 saturated carbocycles. The summed E-state index contributed by atoms with van der Waals surface area (Å²) in [6.45, 7) is 2.83. The fraction of sp³-hybridized carbons (Fsp3) is 0.455. The van der Waals surface area contributed by atoms with Gasteiger partial charge in [0.05, 0.1) is 6.61 Å². The Morgan fingerprint density at radius 2 is 2.00 bits per heavy atom. The van der Waals surface area contributed by atoms with Crippen LogP contribution in [0.4, 0.5) is 0 Å². The first-order valence-corrected chi connectivity index (χ1v) is 5.43. The Morgan fingerprint density at radius 3 is 2.50 bits per heavy atom. The number of ether oxygens (including phenoxy) is 1. The van der Waals surface area contributed by atoms with Gasteiger partial charge in [-0.3, -0.25) is 0 Å². The lowest BCUT2D eigenvalue weighted by molar-refractivity contribution is 0.160. The molecule has 78 valence electrons. The normalized spacial score (nSPS) is 12.5. The van der Waals surface area contributed by atoms with E-state index >= 15 is 0 Å². The second-order valence-electron chi connectivity index (χ2n) is 3.34. The zero-order valence-electron chi connectivity index (χ0n) is 8.44. The second-order valence-corrected chi connectivity index (χ2v) is 4.00. The van der Waals surface area contributed by atoms with Crippen LogP contribution < -0.4 is 10.0 Å². The molecule has 1 unspecified atom stereocenters. The molecule has 0 aromatic heterocycles. The van der Waals surface area contributed by atoms with E-state index in [4.69, 9.17) is 9.84 Å². The highest BCUT2D eigenvalue weighted by molar-refractivity contribution is 7.27. The summed E-state index contributed by atoms with van der Waals surface area (Å²) in [5.74, 6) is 1.11. The second kappa shape index (κ2) is 6.00. The van der Waals surface area contributed by atoms with Crippen LogP contribution in [0.15, 0.2) is 24.3 Å². The van der Waals surface area contributed by atoms with Crippen LogP contribution in [0.2, 0.25) is 0 Å². The molecule has 3 heteroatoms. The van der Waals surface area contributed by atoms with Crippen LogP contribution in [0.5, 0.6) is 5.75 Å². The molecule has 0 radical (unpaired) electrons. The Labute approximate surface area is 87.5 Å². The van der Waals surface area contributed by atoms with Crippen molar-refractivity contribution in [2.75, 3.05) is 13.2 Å². The Morgan fingerprint density at radius 1 is 1.36 bits per heavy atom. The Kier molecular flexibility index (Phi) is 4.92. The molecule has 1 aromatic carbocycles. The highest BCUT2D eigenvalue weighted by atomic mass is 31.0. The van der Waals surface area contributed by atoms with Crippen LogP contribution in [0.25, 0.3) is 0 Å². The minimum absolute atomic E-state index is 0.193. The van der Waals surface area contributed by atoms with Gasteiger partial charge in [-0.2, -0.15) is 0 Å². The maximum atomic E-state index is 8.96. The molecule has 2 atom stereocenters. The van der Waals surface area contributed by atoms with Crippen molar-refractivity contribution in [2.45, 2.75) is 13.3 Å². The Balaban J connectivity index is 2.41. The summed E-state index contributed by atoms with van der Waals surface area (Å²) in [6.07, 6.45) is 0.943. The molecule has 1 rings (SSSR count). The molecule has 0 fully saturated rings. The summed E-state index contributed by atoms with van der Waals surface area (Å²) in [5, 5.41) is 10.1. The van der Waals surface area contributed by atoms with E-state index in [1.807, 2.05) is 24.3 Å². The smallest absolute Gasteiger partial charge is 0.119 e. The first kappa shape index (κ1) is 11.5. The van der Waals surface area contributed by atoms with E-state index in [2.05, 4.69) is 16.2 Å². The van der Waals surface area contributed by atoms with Crippen molar-refractivity contribution in [1.82, 2.24) is 0 Å². The van der Waals surface area contributed by atoms with Crippen LogP contribution in [0.1, 0.15) is 13.3 Å². The fourth-order valence-electron chi connectivity index (χ4n) is 1.08. The Hall–Kier alpha value is -0.590. The highest BCUT2D eigenvalue weighted by Crippen LogP contribution is 2.11. The number of benzene rings is 1. The molecule has 0 aliphatic heterocycles. The lowest BCUT2D eigenvalue weighted by Crippen LogP contribution is -2.15. The third kappa shape index (κ3) is 3.65. The molecule has 0 aliphatic rings. The van der Waals surface area contributed by atoms with E-state index in [1.165, 1.54) is 0 Å². The number of rotatable bonds is 5. The van der Waals surface area contributed by atoms with E-state index in [9.17, 15) is 0 Å². The predicted molar refractivity (Wildman–Crippen MR) is 62.1 cm³/mol. The summed E-state index contributed by atoms with van der Waals surface area (Å²) >= 11 is 0. The maximum absolute atomic E-state index is 8.96. The maximum Gasteiger partial charge on any atom is 0.119 e. The average molecular weight is 212 g/mol. The van der Waals surface area contributed by atoms with Gasteiger partial charge in [0.2, 0.25) is 0 Å². The van der Waals surface area contributed by atoms with Crippen molar-refractivity contribution in [1.29, 1.82) is 0 Å². The molecule has 14 heavy (non-hydrogen) atoms. The van der Waals surface area contributed by atoms with Crippen molar-refractivity contribution >= 4 is 14.5 Å². The van der Waals surface area contributed by atoms with Crippen molar-refractivity contribution in [3.8, 4) is 5.75 Å². The summed E-state index contributed by atoms with van der Waals surface area (Å²) < 4.78 is 5.54. The average Bonchev–Trinajstić information content (AvgIpc) is 2.22. The lowest BCUT2D eigenvalue weighted by Gasteiger charge is -2.12. The molecule has 0 aliphatic carbocycles. The zero-order chi connectivity index (χ0) is 10.4. The fourth-order valence-corrected chi connectivity index (χ4v) is 1.27. The largest absolute Gasteiger partial charge is 0.493 e. The van der Waals surface area contributed by atoms with Crippen LogP contribution in [0, 0.1) is 5.92 Å². The third-order valence-corrected chi connectivity index (χ3v) is 2.59. The van der Waals surface area contributed by atoms with Crippen LogP contribution >= 0.6 is 9.24 Å². The summed E-state index contributed by atoms with van der Waals surface area (Å²) in [6, 6.07) is 7.85. The Bertz CT molecular complexity index is 254. The van der Waals surface area contributed by atoms with E-state index in [1.54, 1.807) is 0 Å². The van der Waals surface area contributed by atoms with Gasteiger partial charge in [-0.05, 0) is 23.9 Å². The first-order chi connectivity index (χ1) is 6.76. The van der Waals surface area contributed by atoms with Crippen LogP contribution in [-0.4, -0.2) is 18.3 Å². The number of hydrogen-bond donors (Lipinski definition) is 1. The number of aliphatic hydroxyl groups is 1. The van der Waals surface area contributed by atoms with Crippen molar-refractivity contribution in [2.24, 2.45) is 5.92 Å². The monoisotopic (exact) mass is 212 g/mol. The molecular formula is C11H17O2P. The van der Waals surface area contributed by atoms with Crippen molar-refractivity contribution < 1.29 is 9.84 Å². The SMILES string of the molecule is CC[C@@H](CO)COc1ccc(P)cc1. The number of aliphatic hydroxyl groups excluding tert-OH is 1. The third-order valence-electron chi connectivity index (χ3n) is 2.20. The van der Waals surface area contributed by atoms with Crippen LogP contribution in [-0.2, 0) is 0 Å². The minimum atomic E-state index is 0.193. The molecule has 1 aromatic rings. The first-order valence-electron chi connectivity index (χ1n) is 4.85. The highest BCUT2D eigenvalue weighted by Gasteiger charge is 2.04.